The number of nitro groups is 1. The van der Waals surface area contributed by atoms with Gasteiger partial charge < -0.3 is 10.1 Å². The topological polar surface area (TPSA) is 64.4 Å². The molecule has 0 aromatic heterocycles. The van der Waals surface area contributed by atoms with Crippen molar-refractivity contribution in [2.24, 2.45) is 5.92 Å². The van der Waals surface area contributed by atoms with Crippen molar-refractivity contribution in [3.8, 4) is 0 Å². The SMILES string of the molecule is CCNC(Cc1ccc([N+](=O)[O-])cc1)C1CCOC1CC. The standard InChI is InChI=1S/C16H24N2O3/c1-3-16-14(9-10-21-16)15(17-4-2)11-12-5-7-13(8-6-12)18(19)20/h5-8,14-17H,3-4,9-11H2,1-2H3. The molecule has 1 aromatic rings. The van der Waals surface area contributed by atoms with Gasteiger partial charge >= 0.3 is 0 Å². The van der Waals surface area contributed by atoms with E-state index in [1.54, 1.807) is 12.1 Å². The molecule has 1 saturated heterocycles. The minimum Gasteiger partial charge on any atom is -0.378 e. The van der Waals surface area contributed by atoms with Gasteiger partial charge in [-0.1, -0.05) is 26.0 Å². The summed E-state index contributed by atoms with van der Waals surface area (Å²) in [7, 11) is 0. The Kier molecular flexibility index (Phi) is 5.70. The van der Waals surface area contributed by atoms with Crippen molar-refractivity contribution < 1.29 is 9.66 Å². The van der Waals surface area contributed by atoms with E-state index in [0.717, 1.165) is 38.0 Å². The highest BCUT2D eigenvalue weighted by molar-refractivity contribution is 5.33. The van der Waals surface area contributed by atoms with E-state index in [1.807, 2.05) is 12.1 Å². The number of nitro benzene ring substituents is 1. The molecule has 1 aliphatic rings. The van der Waals surface area contributed by atoms with Gasteiger partial charge in [-0.2, -0.15) is 0 Å². The smallest absolute Gasteiger partial charge is 0.269 e. The predicted molar refractivity (Wildman–Crippen MR) is 82.4 cm³/mol. The number of likely N-dealkylation sites (N-methyl/N-ethyl adjacent to an activating group) is 1. The second kappa shape index (κ2) is 7.52. The van der Waals surface area contributed by atoms with Gasteiger partial charge in [0.05, 0.1) is 11.0 Å². The fourth-order valence-electron chi connectivity index (χ4n) is 3.19. The average molecular weight is 292 g/mol. The van der Waals surface area contributed by atoms with E-state index in [1.165, 1.54) is 0 Å². The zero-order valence-corrected chi connectivity index (χ0v) is 12.7. The van der Waals surface area contributed by atoms with Crippen LogP contribution in [0.15, 0.2) is 24.3 Å². The van der Waals surface area contributed by atoms with Crippen molar-refractivity contribution in [1.29, 1.82) is 0 Å². The molecule has 5 heteroatoms. The van der Waals surface area contributed by atoms with E-state index in [4.69, 9.17) is 4.74 Å². The summed E-state index contributed by atoms with van der Waals surface area (Å²) in [5.74, 6) is 0.519. The van der Waals surface area contributed by atoms with Crippen LogP contribution in [-0.4, -0.2) is 30.2 Å². The van der Waals surface area contributed by atoms with E-state index in [0.29, 0.717) is 18.1 Å². The van der Waals surface area contributed by atoms with Gasteiger partial charge in [-0.05, 0) is 31.4 Å². The van der Waals surface area contributed by atoms with Crippen LogP contribution < -0.4 is 5.32 Å². The quantitative estimate of drug-likeness (QED) is 0.620. The van der Waals surface area contributed by atoms with Gasteiger partial charge in [-0.25, -0.2) is 0 Å². The molecular formula is C16H24N2O3. The Morgan fingerprint density at radius 1 is 1.38 bits per heavy atom. The molecule has 1 fully saturated rings. The molecule has 5 nitrogen and oxygen atoms in total. The van der Waals surface area contributed by atoms with Gasteiger partial charge in [-0.3, -0.25) is 10.1 Å². The van der Waals surface area contributed by atoms with Gasteiger partial charge in [0, 0.05) is 30.7 Å². The zero-order chi connectivity index (χ0) is 15.2. The van der Waals surface area contributed by atoms with Crippen LogP contribution in [0.25, 0.3) is 0 Å². The number of benzene rings is 1. The Balaban J connectivity index is 2.06. The van der Waals surface area contributed by atoms with Crippen LogP contribution in [0.2, 0.25) is 0 Å². The van der Waals surface area contributed by atoms with E-state index < -0.39 is 0 Å². The number of rotatable bonds is 7. The summed E-state index contributed by atoms with van der Waals surface area (Å²) in [5.41, 5.74) is 1.28. The van der Waals surface area contributed by atoms with Crippen molar-refractivity contribution in [3.05, 3.63) is 39.9 Å². The van der Waals surface area contributed by atoms with Gasteiger partial charge in [0.25, 0.3) is 5.69 Å². The lowest BCUT2D eigenvalue weighted by molar-refractivity contribution is -0.384. The van der Waals surface area contributed by atoms with E-state index in [-0.39, 0.29) is 10.6 Å². The average Bonchev–Trinajstić information content (AvgIpc) is 2.95. The molecule has 1 aliphatic heterocycles. The van der Waals surface area contributed by atoms with Gasteiger partial charge in [0.15, 0.2) is 0 Å². The number of hydrogen-bond acceptors (Lipinski definition) is 4. The summed E-state index contributed by atoms with van der Waals surface area (Å²) in [5, 5.41) is 14.3. The summed E-state index contributed by atoms with van der Waals surface area (Å²) in [4.78, 5) is 10.3. The predicted octanol–water partition coefficient (Wildman–Crippen LogP) is 2.93. The monoisotopic (exact) mass is 292 g/mol. The minimum atomic E-state index is -0.358. The number of nitrogens with one attached hydrogen (secondary N) is 1. The maximum absolute atomic E-state index is 10.7. The van der Waals surface area contributed by atoms with Crippen molar-refractivity contribution in [2.75, 3.05) is 13.2 Å². The lowest BCUT2D eigenvalue weighted by Gasteiger charge is -2.28. The summed E-state index contributed by atoms with van der Waals surface area (Å²) in [6, 6.07) is 7.25. The molecule has 3 unspecified atom stereocenters. The number of nitrogens with zero attached hydrogens (tertiary/aromatic N) is 1. The van der Waals surface area contributed by atoms with E-state index >= 15 is 0 Å². The van der Waals surface area contributed by atoms with Crippen molar-refractivity contribution in [3.63, 3.8) is 0 Å². The number of non-ortho nitro benzene ring substituents is 1. The third-order valence-electron chi connectivity index (χ3n) is 4.25. The third-order valence-corrected chi connectivity index (χ3v) is 4.25. The molecule has 0 radical (unpaired) electrons. The maximum Gasteiger partial charge on any atom is 0.269 e. The second-order valence-electron chi connectivity index (χ2n) is 5.56. The molecule has 1 aromatic carbocycles. The van der Waals surface area contributed by atoms with E-state index in [2.05, 4.69) is 19.2 Å². The van der Waals surface area contributed by atoms with Gasteiger partial charge in [0.2, 0.25) is 0 Å². The largest absolute Gasteiger partial charge is 0.378 e. The molecule has 0 amide bonds. The normalized spacial score (nSPS) is 23.1. The lowest BCUT2D eigenvalue weighted by atomic mass is 9.87. The summed E-state index contributed by atoms with van der Waals surface area (Å²) < 4.78 is 5.80. The Morgan fingerprint density at radius 2 is 2.10 bits per heavy atom. The highest BCUT2D eigenvalue weighted by Crippen LogP contribution is 2.28. The zero-order valence-electron chi connectivity index (χ0n) is 12.7. The summed E-state index contributed by atoms with van der Waals surface area (Å²) >= 11 is 0. The minimum absolute atomic E-state index is 0.148. The van der Waals surface area contributed by atoms with Crippen LogP contribution in [-0.2, 0) is 11.2 Å². The first-order valence-electron chi connectivity index (χ1n) is 7.74. The fourth-order valence-corrected chi connectivity index (χ4v) is 3.19. The summed E-state index contributed by atoms with van der Waals surface area (Å²) in [6.45, 7) is 6.04. The fraction of sp³-hybridized carbons (Fsp3) is 0.625. The van der Waals surface area contributed by atoms with Crippen molar-refractivity contribution in [2.45, 2.75) is 45.3 Å². The van der Waals surface area contributed by atoms with Crippen LogP contribution in [0.3, 0.4) is 0 Å². The van der Waals surface area contributed by atoms with Crippen LogP contribution in [0.4, 0.5) is 5.69 Å². The first-order chi connectivity index (χ1) is 10.2. The van der Waals surface area contributed by atoms with Crippen LogP contribution in [0.1, 0.15) is 32.3 Å². The Hall–Kier alpha value is -1.46. The second-order valence-corrected chi connectivity index (χ2v) is 5.56. The van der Waals surface area contributed by atoms with Gasteiger partial charge in [-0.15, -0.1) is 0 Å². The maximum atomic E-state index is 10.7. The third kappa shape index (κ3) is 4.02. The molecule has 0 bridgehead atoms. The highest BCUT2D eigenvalue weighted by Gasteiger charge is 2.33. The first kappa shape index (κ1) is 15.9. The van der Waals surface area contributed by atoms with Gasteiger partial charge in [0.1, 0.15) is 0 Å². The van der Waals surface area contributed by atoms with Crippen molar-refractivity contribution >= 4 is 5.69 Å². The molecule has 1 heterocycles. The Morgan fingerprint density at radius 3 is 2.67 bits per heavy atom. The molecule has 21 heavy (non-hydrogen) atoms. The van der Waals surface area contributed by atoms with Crippen molar-refractivity contribution in [1.82, 2.24) is 5.32 Å². The molecule has 1 N–H and O–H groups in total. The number of hydrogen-bond donors (Lipinski definition) is 1. The van der Waals surface area contributed by atoms with Crippen LogP contribution in [0, 0.1) is 16.0 Å². The molecule has 0 aliphatic carbocycles. The Labute approximate surface area is 125 Å². The molecule has 0 saturated carbocycles. The molecule has 3 atom stereocenters. The van der Waals surface area contributed by atoms with Crippen LogP contribution in [0.5, 0.6) is 0 Å². The first-order valence-corrected chi connectivity index (χ1v) is 7.74. The van der Waals surface area contributed by atoms with Crippen LogP contribution >= 0.6 is 0 Å². The lowest BCUT2D eigenvalue weighted by Crippen LogP contribution is -2.41. The molecule has 0 spiro atoms. The molecule has 2 rings (SSSR count). The van der Waals surface area contributed by atoms with E-state index in [9.17, 15) is 10.1 Å². The Bertz CT molecular complexity index is 461. The summed E-state index contributed by atoms with van der Waals surface area (Å²) in [6.07, 6.45) is 3.33. The molecular weight excluding hydrogens is 268 g/mol. The number of ether oxygens (including phenoxy) is 1. The highest BCUT2D eigenvalue weighted by atomic mass is 16.6. The molecule has 116 valence electrons.